The van der Waals surface area contributed by atoms with Crippen molar-refractivity contribution >= 4 is 17.5 Å². The topological polar surface area (TPSA) is 43.1 Å². The standard InChI is InChI=1S/C15H14ClNO/c16-13-8-9-14(15(17)18)12(10-13)7-6-11-4-2-1-3-5-11/h1-5,8-10H,6-7H2,(H2,17,18). The summed E-state index contributed by atoms with van der Waals surface area (Å²) in [5.41, 5.74) is 8.03. The van der Waals surface area contributed by atoms with Gasteiger partial charge in [0.25, 0.3) is 0 Å². The van der Waals surface area contributed by atoms with E-state index in [1.54, 1.807) is 12.1 Å². The molecule has 0 bridgehead atoms. The Morgan fingerprint density at radius 1 is 1.06 bits per heavy atom. The van der Waals surface area contributed by atoms with E-state index in [1.165, 1.54) is 5.56 Å². The SMILES string of the molecule is NC(=O)c1ccc(Cl)cc1CCc1ccccc1. The van der Waals surface area contributed by atoms with Crippen molar-refractivity contribution in [2.45, 2.75) is 12.8 Å². The number of halogens is 1. The van der Waals surface area contributed by atoms with Gasteiger partial charge in [-0.3, -0.25) is 4.79 Å². The van der Waals surface area contributed by atoms with Gasteiger partial charge in [0.15, 0.2) is 0 Å². The molecule has 1 amide bonds. The van der Waals surface area contributed by atoms with Crippen molar-refractivity contribution in [1.29, 1.82) is 0 Å². The molecule has 92 valence electrons. The predicted octanol–water partition coefficient (Wildman–Crippen LogP) is 3.22. The van der Waals surface area contributed by atoms with E-state index < -0.39 is 5.91 Å². The van der Waals surface area contributed by atoms with E-state index in [2.05, 4.69) is 12.1 Å². The molecule has 0 radical (unpaired) electrons. The van der Waals surface area contributed by atoms with Crippen molar-refractivity contribution < 1.29 is 4.79 Å². The van der Waals surface area contributed by atoms with Crippen molar-refractivity contribution in [3.8, 4) is 0 Å². The van der Waals surface area contributed by atoms with Crippen LogP contribution in [0.25, 0.3) is 0 Å². The minimum atomic E-state index is -0.408. The third kappa shape index (κ3) is 3.11. The number of carbonyl (C=O) groups excluding carboxylic acids is 1. The minimum Gasteiger partial charge on any atom is -0.366 e. The quantitative estimate of drug-likeness (QED) is 0.900. The third-order valence-electron chi connectivity index (χ3n) is 2.86. The highest BCUT2D eigenvalue weighted by Crippen LogP contribution is 2.18. The van der Waals surface area contributed by atoms with Crippen LogP contribution in [0.4, 0.5) is 0 Å². The summed E-state index contributed by atoms with van der Waals surface area (Å²) in [6.45, 7) is 0. The average Bonchev–Trinajstić information content (AvgIpc) is 2.37. The van der Waals surface area contributed by atoms with Crippen LogP contribution >= 0.6 is 11.6 Å². The van der Waals surface area contributed by atoms with Gasteiger partial charge in [0, 0.05) is 10.6 Å². The van der Waals surface area contributed by atoms with E-state index in [4.69, 9.17) is 17.3 Å². The van der Waals surface area contributed by atoms with Crippen molar-refractivity contribution in [1.82, 2.24) is 0 Å². The molecule has 2 N–H and O–H groups in total. The summed E-state index contributed by atoms with van der Waals surface area (Å²) in [4.78, 5) is 11.3. The molecule has 0 heterocycles. The molecule has 0 saturated carbocycles. The Kier molecular flexibility index (Phi) is 4.00. The van der Waals surface area contributed by atoms with Crippen molar-refractivity contribution in [2.75, 3.05) is 0 Å². The highest BCUT2D eigenvalue weighted by Gasteiger charge is 2.08. The Morgan fingerprint density at radius 3 is 2.44 bits per heavy atom. The van der Waals surface area contributed by atoms with E-state index in [0.29, 0.717) is 10.6 Å². The second-order valence-corrected chi connectivity index (χ2v) is 4.59. The lowest BCUT2D eigenvalue weighted by Crippen LogP contribution is -2.14. The monoisotopic (exact) mass is 259 g/mol. The van der Waals surface area contributed by atoms with E-state index in [0.717, 1.165) is 18.4 Å². The number of carbonyl (C=O) groups is 1. The molecule has 0 atom stereocenters. The molecule has 3 heteroatoms. The molecule has 2 nitrogen and oxygen atoms in total. The van der Waals surface area contributed by atoms with Crippen molar-refractivity contribution in [2.24, 2.45) is 5.73 Å². The molecular weight excluding hydrogens is 246 g/mol. The molecule has 2 aromatic rings. The Bertz CT molecular complexity index is 552. The smallest absolute Gasteiger partial charge is 0.248 e. The largest absolute Gasteiger partial charge is 0.366 e. The van der Waals surface area contributed by atoms with Gasteiger partial charge in [0.2, 0.25) is 5.91 Å². The molecule has 0 aromatic heterocycles. The summed E-state index contributed by atoms with van der Waals surface area (Å²) in [7, 11) is 0. The lowest BCUT2D eigenvalue weighted by molar-refractivity contribution is 0.0999. The number of hydrogen-bond donors (Lipinski definition) is 1. The molecule has 2 rings (SSSR count). The number of benzene rings is 2. The average molecular weight is 260 g/mol. The Balaban J connectivity index is 2.18. The fourth-order valence-corrected chi connectivity index (χ4v) is 2.13. The summed E-state index contributed by atoms with van der Waals surface area (Å²) < 4.78 is 0. The number of amides is 1. The Labute approximate surface area is 111 Å². The maximum absolute atomic E-state index is 11.3. The van der Waals surface area contributed by atoms with Gasteiger partial charge in [-0.15, -0.1) is 0 Å². The zero-order valence-electron chi connectivity index (χ0n) is 9.90. The summed E-state index contributed by atoms with van der Waals surface area (Å²) in [6.07, 6.45) is 1.62. The predicted molar refractivity (Wildman–Crippen MR) is 73.8 cm³/mol. The van der Waals surface area contributed by atoms with Gasteiger partial charge in [-0.25, -0.2) is 0 Å². The Morgan fingerprint density at radius 2 is 1.78 bits per heavy atom. The second-order valence-electron chi connectivity index (χ2n) is 4.15. The molecule has 0 saturated heterocycles. The van der Waals surface area contributed by atoms with E-state index in [1.807, 2.05) is 24.3 Å². The lowest BCUT2D eigenvalue weighted by atomic mass is 9.99. The first-order valence-electron chi connectivity index (χ1n) is 5.79. The molecular formula is C15H14ClNO. The first-order valence-corrected chi connectivity index (χ1v) is 6.17. The number of hydrogen-bond acceptors (Lipinski definition) is 1. The molecule has 0 spiro atoms. The maximum Gasteiger partial charge on any atom is 0.248 e. The summed E-state index contributed by atoms with van der Waals surface area (Å²) >= 11 is 5.95. The minimum absolute atomic E-state index is 0.408. The highest BCUT2D eigenvalue weighted by atomic mass is 35.5. The summed E-state index contributed by atoms with van der Waals surface area (Å²) in [5, 5.41) is 0.628. The maximum atomic E-state index is 11.3. The molecule has 0 aliphatic rings. The van der Waals surface area contributed by atoms with Gasteiger partial charge in [-0.1, -0.05) is 41.9 Å². The first kappa shape index (κ1) is 12.7. The van der Waals surface area contributed by atoms with Gasteiger partial charge in [-0.05, 0) is 42.2 Å². The molecule has 0 aliphatic heterocycles. The van der Waals surface area contributed by atoms with Gasteiger partial charge in [0.1, 0.15) is 0 Å². The second kappa shape index (κ2) is 5.69. The van der Waals surface area contributed by atoms with Gasteiger partial charge in [-0.2, -0.15) is 0 Å². The van der Waals surface area contributed by atoms with Crippen LogP contribution in [-0.2, 0) is 12.8 Å². The molecule has 0 unspecified atom stereocenters. The van der Waals surface area contributed by atoms with Crippen molar-refractivity contribution in [3.05, 3.63) is 70.2 Å². The van der Waals surface area contributed by atoms with E-state index >= 15 is 0 Å². The van der Waals surface area contributed by atoms with Crippen LogP contribution in [0.3, 0.4) is 0 Å². The van der Waals surface area contributed by atoms with E-state index in [9.17, 15) is 4.79 Å². The molecule has 0 aliphatic carbocycles. The van der Waals surface area contributed by atoms with Crippen LogP contribution < -0.4 is 5.73 Å². The summed E-state index contributed by atoms with van der Waals surface area (Å²) in [5.74, 6) is -0.408. The fraction of sp³-hybridized carbons (Fsp3) is 0.133. The van der Waals surface area contributed by atoms with Gasteiger partial charge >= 0.3 is 0 Å². The number of nitrogens with two attached hydrogens (primary N) is 1. The van der Waals surface area contributed by atoms with E-state index in [-0.39, 0.29) is 0 Å². The number of aryl methyl sites for hydroxylation is 2. The van der Waals surface area contributed by atoms with Crippen LogP contribution in [0.2, 0.25) is 5.02 Å². The lowest BCUT2D eigenvalue weighted by Gasteiger charge is -2.07. The summed E-state index contributed by atoms with van der Waals surface area (Å²) in [6, 6.07) is 15.3. The zero-order valence-corrected chi connectivity index (χ0v) is 10.7. The van der Waals surface area contributed by atoms with Crippen LogP contribution in [0, 0.1) is 0 Å². The number of rotatable bonds is 4. The van der Waals surface area contributed by atoms with Crippen LogP contribution in [0.5, 0.6) is 0 Å². The number of primary amides is 1. The van der Waals surface area contributed by atoms with Crippen LogP contribution in [0.1, 0.15) is 21.5 Å². The highest BCUT2D eigenvalue weighted by molar-refractivity contribution is 6.30. The normalized spacial score (nSPS) is 10.3. The Hall–Kier alpha value is -1.80. The first-order chi connectivity index (χ1) is 8.66. The molecule has 18 heavy (non-hydrogen) atoms. The van der Waals surface area contributed by atoms with Gasteiger partial charge < -0.3 is 5.73 Å². The van der Waals surface area contributed by atoms with Gasteiger partial charge in [0.05, 0.1) is 0 Å². The third-order valence-corrected chi connectivity index (χ3v) is 3.09. The van der Waals surface area contributed by atoms with Crippen LogP contribution in [0.15, 0.2) is 48.5 Å². The van der Waals surface area contributed by atoms with Crippen LogP contribution in [-0.4, -0.2) is 5.91 Å². The molecule has 0 fully saturated rings. The fourth-order valence-electron chi connectivity index (χ4n) is 1.93. The van der Waals surface area contributed by atoms with Crippen molar-refractivity contribution in [3.63, 3.8) is 0 Å². The zero-order chi connectivity index (χ0) is 13.0. The molecule has 2 aromatic carbocycles.